The third-order valence-electron chi connectivity index (χ3n) is 4.21. The Labute approximate surface area is 165 Å². The number of fused-ring (bicyclic) bond motifs is 1. The van der Waals surface area contributed by atoms with E-state index in [-0.39, 0.29) is 29.7 Å². The van der Waals surface area contributed by atoms with Crippen LogP contribution < -0.4 is 9.47 Å². The summed E-state index contributed by atoms with van der Waals surface area (Å²) in [5.41, 5.74) is -0.636. The van der Waals surface area contributed by atoms with Gasteiger partial charge in [0.05, 0.1) is 5.57 Å². The summed E-state index contributed by atoms with van der Waals surface area (Å²) in [6.07, 6.45) is -8.92. The summed E-state index contributed by atoms with van der Waals surface area (Å²) in [7, 11) is 0. The predicted molar refractivity (Wildman–Crippen MR) is 90.9 cm³/mol. The van der Waals surface area contributed by atoms with Crippen molar-refractivity contribution in [3.63, 3.8) is 0 Å². The smallest absolute Gasteiger partial charge is 0.478 e. The van der Waals surface area contributed by atoms with Gasteiger partial charge in [0.15, 0.2) is 0 Å². The summed E-state index contributed by atoms with van der Waals surface area (Å²) in [5, 5.41) is 9.11. The van der Waals surface area contributed by atoms with Crippen molar-refractivity contribution in [2.75, 3.05) is 0 Å². The molecule has 11 heteroatoms. The van der Waals surface area contributed by atoms with E-state index in [4.69, 9.17) is 9.84 Å². The van der Waals surface area contributed by atoms with Crippen LogP contribution in [0.4, 0.5) is 26.3 Å². The fourth-order valence-corrected chi connectivity index (χ4v) is 2.98. The van der Waals surface area contributed by atoms with Crippen LogP contribution in [0.15, 0.2) is 42.2 Å². The SMILES string of the molecule is O=C(O)C1=Cc2cc(OC(F)(F)F)cc(CCc3ccncc3)c2OC1C(F)(F)F. The highest BCUT2D eigenvalue weighted by molar-refractivity contribution is 5.95. The van der Waals surface area contributed by atoms with Gasteiger partial charge >= 0.3 is 18.5 Å². The molecule has 1 aromatic heterocycles. The molecule has 5 nitrogen and oxygen atoms in total. The molecule has 2 aromatic rings. The quantitative estimate of drug-likeness (QED) is 0.701. The van der Waals surface area contributed by atoms with Gasteiger partial charge in [-0.05, 0) is 54.3 Å². The molecule has 0 spiro atoms. The highest BCUT2D eigenvalue weighted by atomic mass is 19.4. The number of hydrogen-bond donors (Lipinski definition) is 1. The zero-order valence-electron chi connectivity index (χ0n) is 14.9. The lowest BCUT2D eigenvalue weighted by Gasteiger charge is -2.29. The number of aliphatic carboxylic acids is 1. The second kappa shape index (κ2) is 7.88. The van der Waals surface area contributed by atoms with Crippen LogP contribution in [0, 0.1) is 0 Å². The van der Waals surface area contributed by atoms with Crippen LogP contribution in [-0.4, -0.2) is 34.7 Å². The van der Waals surface area contributed by atoms with E-state index in [0.29, 0.717) is 6.08 Å². The maximum atomic E-state index is 13.3. The van der Waals surface area contributed by atoms with Gasteiger partial charge in [0, 0.05) is 18.0 Å². The first kappa shape index (κ1) is 21.5. The summed E-state index contributed by atoms with van der Waals surface area (Å²) >= 11 is 0. The lowest BCUT2D eigenvalue weighted by Crippen LogP contribution is -2.40. The van der Waals surface area contributed by atoms with E-state index in [0.717, 1.165) is 17.7 Å². The largest absolute Gasteiger partial charge is 0.573 e. The molecular formula is C19H13F6NO4. The van der Waals surface area contributed by atoms with Crippen LogP contribution in [0.5, 0.6) is 11.5 Å². The summed E-state index contributed by atoms with van der Waals surface area (Å²) in [6, 6.07) is 5.00. The summed E-state index contributed by atoms with van der Waals surface area (Å²) < 4.78 is 86.8. The van der Waals surface area contributed by atoms with Crippen molar-refractivity contribution in [1.82, 2.24) is 4.98 Å². The number of halogens is 6. The average Bonchev–Trinajstić information content (AvgIpc) is 2.63. The fraction of sp³-hybridized carbons (Fsp3) is 0.263. The Bertz CT molecular complexity index is 969. The van der Waals surface area contributed by atoms with Crippen LogP contribution >= 0.6 is 0 Å². The normalized spacial score (nSPS) is 16.3. The number of carboxylic acids is 1. The lowest BCUT2D eigenvalue weighted by molar-refractivity contribution is -0.274. The molecule has 0 fully saturated rings. The van der Waals surface area contributed by atoms with Gasteiger partial charge in [-0.2, -0.15) is 13.2 Å². The van der Waals surface area contributed by atoms with Gasteiger partial charge in [0.1, 0.15) is 11.5 Å². The Morgan fingerprint density at radius 1 is 1.10 bits per heavy atom. The van der Waals surface area contributed by atoms with Gasteiger partial charge in [-0.1, -0.05) is 0 Å². The molecule has 3 rings (SSSR count). The zero-order chi connectivity index (χ0) is 22.1. The van der Waals surface area contributed by atoms with Crippen molar-refractivity contribution in [2.24, 2.45) is 0 Å². The van der Waals surface area contributed by atoms with E-state index >= 15 is 0 Å². The molecular weight excluding hydrogens is 420 g/mol. The van der Waals surface area contributed by atoms with Crippen molar-refractivity contribution in [3.05, 3.63) is 58.9 Å². The number of aryl methyl sites for hydroxylation is 2. The van der Waals surface area contributed by atoms with Crippen LogP contribution in [-0.2, 0) is 17.6 Å². The van der Waals surface area contributed by atoms with Crippen molar-refractivity contribution in [2.45, 2.75) is 31.5 Å². The molecule has 0 saturated carbocycles. The van der Waals surface area contributed by atoms with Crippen molar-refractivity contribution in [1.29, 1.82) is 0 Å². The Hall–Kier alpha value is -3.24. The molecule has 0 bridgehead atoms. The fourth-order valence-electron chi connectivity index (χ4n) is 2.98. The van der Waals surface area contributed by atoms with Crippen LogP contribution in [0.25, 0.3) is 6.08 Å². The van der Waals surface area contributed by atoms with E-state index in [2.05, 4.69) is 9.72 Å². The molecule has 1 aliphatic rings. The zero-order valence-corrected chi connectivity index (χ0v) is 14.9. The minimum atomic E-state index is -5.04. The first-order valence-electron chi connectivity index (χ1n) is 8.44. The van der Waals surface area contributed by atoms with E-state index in [1.165, 1.54) is 12.4 Å². The highest BCUT2D eigenvalue weighted by Crippen LogP contribution is 2.42. The second-order valence-corrected chi connectivity index (χ2v) is 6.35. The predicted octanol–water partition coefficient (Wildman–Crippen LogP) is 4.56. The van der Waals surface area contributed by atoms with Crippen LogP contribution in [0.1, 0.15) is 16.7 Å². The number of alkyl halides is 6. The molecule has 1 aromatic carbocycles. The second-order valence-electron chi connectivity index (χ2n) is 6.35. The standard InChI is InChI=1S/C19H13F6NO4/c20-18(21,22)16-14(17(27)28)9-12-8-13(30-19(23,24)25)7-11(15(12)29-16)2-1-10-3-5-26-6-4-10/h3-9,16H,1-2H2,(H,27,28). The number of benzene rings is 1. The van der Waals surface area contributed by atoms with E-state index in [9.17, 15) is 31.1 Å². The molecule has 1 unspecified atom stereocenters. The van der Waals surface area contributed by atoms with Crippen LogP contribution in [0.2, 0.25) is 0 Å². The maximum absolute atomic E-state index is 13.3. The molecule has 1 atom stereocenters. The molecule has 0 aliphatic carbocycles. The molecule has 30 heavy (non-hydrogen) atoms. The molecule has 0 radical (unpaired) electrons. The average molecular weight is 433 g/mol. The van der Waals surface area contributed by atoms with Gasteiger partial charge in [0.2, 0.25) is 6.10 Å². The van der Waals surface area contributed by atoms with E-state index < -0.39 is 35.9 Å². The maximum Gasteiger partial charge on any atom is 0.573 e. The number of aromatic nitrogens is 1. The molecule has 2 heterocycles. The third-order valence-corrected chi connectivity index (χ3v) is 4.21. The minimum absolute atomic E-state index is 0.0125. The van der Waals surface area contributed by atoms with Crippen molar-refractivity contribution < 1.29 is 45.7 Å². The minimum Gasteiger partial charge on any atom is -0.478 e. The number of carboxylic acid groups (broad SMARTS) is 1. The number of nitrogens with zero attached hydrogens (tertiary/aromatic N) is 1. The highest BCUT2D eigenvalue weighted by Gasteiger charge is 2.49. The molecule has 0 amide bonds. The molecule has 1 N–H and O–H groups in total. The van der Waals surface area contributed by atoms with Gasteiger partial charge in [-0.25, -0.2) is 4.79 Å². The number of carbonyl (C=O) groups is 1. The number of pyridine rings is 1. The first-order chi connectivity index (χ1) is 13.9. The third kappa shape index (κ3) is 5.02. The Kier molecular flexibility index (Phi) is 5.64. The summed E-state index contributed by atoms with van der Waals surface area (Å²) in [4.78, 5) is 15.1. The van der Waals surface area contributed by atoms with Gasteiger partial charge in [0.25, 0.3) is 0 Å². The van der Waals surface area contributed by atoms with Gasteiger partial charge in [-0.3, -0.25) is 4.98 Å². The van der Waals surface area contributed by atoms with Gasteiger partial charge in [-0.15, -0.1) is 13.2 Å². The van der Waals surface area contributed by atoms with Crippen molar-refractivity contribution in [3.8, 4) is 11.5 Å². The van der Waals surface area contributed by atoms with Crippen LogP contribution in [0.3, 0.4) is 0 Å². The Morgan fingerprint density at radius 3 is 2.33 bits per heavy atom. The number of rotatable bonds is 5. The number of hydrogen-bond acceptors (Lipinski definition) is 4. The Morgan fingerprint density at radius 2 is 1.77 bits per heavy atom. The first-order valence-corrected chi connectivity index (χ1v) is 8.44. The lowest BCUT2D eigenvalue weighted by atomic mass is 9.96. The monoisotopic (exact) mass is 433 g/mol. The van der Waals surface area contributed by atoms with Crippen molar-refractivity contribution >= 4 is 12.0 Å². The number of ether oxygens (including phenoxy) is 2. The topological polar surface area (TPSA) is 68.7 Å². The summed E-state index contributed by atoms with van der Waals surface area (Å²) in [5.74, 6) is -2.93. The van der Waals surface area contributed by atoms with E-state index in [1.807, 2.05) is 0 Å². The van der Waals surface area contributed by atoms with E-state index in [1.54, 1.807) is 12.1 Å². The Balaban J connectivity index is 2.06. The molecule has 160 valence electrons. The van der Waals surface area contributed by atoms with Gasteiger partial charge < -0.3 is 14.6 Å². The summed E-state index contributed by atoms with van der Waals surface area (Å²) in [6.45, 7) is 0. The molecule has 0 saturated heterocycles. The molecule has 1 aliphatic heterocycles.